The van der Waals surface area contributed by atoms with Crippen molar-refractivity contribution in [2.24, 2.45) is 0 Å². The van der Waals surface area contributed by atoms with E-state index in [1.807, 2.05) is 19.9 Å². The summed E-state index contributed by atoms with van der Waals surface area (Å²) in [6.07, 6.45) is -3.49. The number of carbonyl (C=O) groups excluding carboxylic acids is 1. The topological polar surface area (TPSA) is 46.1 Å². The summed E-state index contributed by atoms with van der Waals surface area (Å²) in [6, 6.07) is 9.73. The van der Waals surface area contributed by atoms with Crippen LogP contribution in [0.25, 0.3) is 0 Å². The Hall–Kier alpha value is -2.09. The summed E-state index contributed by atoms with van der Waals surface area (Å²) in [5, 5.41) is -0.784. The Balaban J connectivity index is 2.36. The van der Waals surface area contributed by atoms with Gasteiger partial charge in [-0.3, -0.25) is 4.79 Å². The number of hydrogen-bond donors (Lipinski definition) is 0. The van der Waals surface area contributed by atoms with Gasteiger partial charge in [-0.2, -0.15) is 13.2 Å². The van der Waals surface area contributed by atoms with Crippen LogP contribution in [-0.4, -0.2) is 33.9 Å². The summed E-state index contributed by atoms with van der Waals surface area (Å²) in [5.74, 6) is -0.179. The van der Waals surface area contributed by atoms with Crippen molar-refractivity contribution in [1.82, 2.24) is 14.9 Å². The Labute approximate surface area is 148 Å². The van der Waals surface area contributed by atoms with Crippen molar-refractivity contribution in [1.29, 1.82) is 0 Å². The van der Waals surface area contributed by atoms with Gasteiger partial charge in [0.15, 0.2) is 5.16 Å². The number of aromatic nitrogens is 2. The fourth-order valence-corrected chi connectivity index (χ4v) is 3.28. The van der Waals surface area contributed by atoms with Crippen LogP contribution in [0.15, 0.2) is 47.8 Å². The Morgan fingerprint density at radius 1 is 1.16 bits per heavy atom. The van der Waals surface area contributed by atoms with E-state index in [0.29, 0.717) is 18.7 Å². The highest BCUT2D eigenvalue weighted by atomic mass is 32.2. The molecule has 1 amide bonds. The molecule has 1 aromatic carbocycles. The Kier molecular flexibility index (Phi) is 6.41. The monoisotopic (exact) mass is 369 g/mol. The van der Waals surface area contributed by atoms with Crippen molar-refractivity contribution in [2.75, 3.05) is 13.1 Å². The van der Waals surface area contributed by atoms with E-state index in [2.05, 4.69) is 9.97 Å². The molecule has 1 aromatic heterocycles. The molecule has 0 spiro atoms. The molecule has 8 heteroatoms. The molecule has 0 saturated carbocycles. The zero-order valence-corrected chi connectivity index (χ0v) is 14.6. The molecule has 4 nitrogen and oxygen atoms in total. The molecular weight excluding hydrogens is 351 g/mol. The lowest BCUT2D eigenvalue weighted by Crippen LogP contribution is -2.34. The van der Waals surface area contributed by atoms with Crippen LogP contribution in [0.3, 0.4) is 0 Å². The van der Waals surface area contributed by atoms with Gasteiger partial charge >= 0.3 is 6.18 Å². The fourth-order valence-electron chi connectivity index (χ4n) is 2.25. The number of rotatable bonds is 6. The van der Waals surface area contributed by atoms with Crippen molar-refractivity contribution in [3.63, 3.8) is 0 Å². The van der Waals surface area contributed by atoms with Gasteiger partial charge in [-0.15, -0.1) is 0 Å². The number of nitrogens with zero attached hydrogens (tertiary/aromatic N) is 3. The van der Waals surface area contributed by atoms with E-state index in [0.717, 1.165) is 24.0 Å². The van der Waals surface area contributed by atoms with E-state index in [4.69, 9.17) is 0 Å². The quantitative estimate of drug-likeness (QED) is 0.566. The summed E-state index contributed by atoms with van der Waals surface area (Å²) >= 11 is 0.926. The number of amides is 1. The number of carbonyl (C=O) groups is 1. The van der Waals surface area contributed by atoms with E-state index in [9.17, 15) is 18.0 Å². The minimum absolute atomic E-state index is 0.0795. The smallest absolute Gasteiger partial charge is 0.342 e. The van der Waals surface area contributed by atoms with Crippen LogP contribution >= 0.6 is 11.8 Å². The molecule has 0 bridgehead atoms. The molecule has 25 heavy (non-hydrogen) atoms. The van der Waals surface area contributed by atoms with Crippen LogP contribution in [0, 0.1) is 0 Å². The minimum Gasteiger partial charge on any atom is -0.342 e. The van der Waals surface area contributed by atoms with E-state index in [-0.39, 0.29) is 11.1 Å². The first-order valence-electron chi connectivity index (χ1n) is 7.77. The minimum atomic E-state index is -4.55. The molecule has 2 aromatic rings. The van der Waals surface area contributed by atoms with Gasteiger partial charge in [0, 0.05) is 19.3 Å². The van der Waals surface area contributed by atoms with Gasteiger partial charge in [0.25, 0.3) is 0 Å². The van der Waals surface area contributed by atoms with Gasteiger partial charge in [0.1, 0.15) is 10.9 Å². The predicted octanol–water partition coefficient (Wildman–Crippen LogP) is 4.20. The standard InChI is InChI=1S/C17H18F3N3OS/c1-3-23(4-2)15(24)14(12-8-6-5-7-9-12)25-16-21-11-10-13(22-16)17(18,19)20/h5-11,14H,3-4H2,1-2H3. The molecule has 0 radical (unpaired) electrons. The van der Waals surface area contributed by atoms with E-state index in [1.54, 1.807) is 29.2 Å². The Morgan fingerprint density at radius 2 is 1.80 bits per heavy atom. The lowest BCUT2D eigenvalue weighted by atomic mass is 10.1. The lowest BCUT2D eigenvalue weighted by Gasteiger charge is -2.24. The third kappa shape index (κ3) is 4.94. The first kappa shape index (κ1) is 19.2. The molecular formula is C17H18F3N3OS. The van der Waals surface area contributed by atoms with Crippen molar-refractivity contribution >= 4 is 17.7 Å². The highest BCUT2D eigenvalue weighted by Crippen LogP contribution is 2.36. The zero-order valence-electron chi connectivity index (χ0n) is 13.8. The molecule has 2 rings (SSSR count). The SMILES string of the molecule is CCN(CC)C(=O)C(Sc1nccc(C(F)(F)F)n1)c1ccccc1. The number of hydrogen-bond acceptors (Lipinski definition) is 4. The lowest BCUT2D eigenvalue weighted by molar-refractivity contribution is -0.141. The number of alkyl halides is 3. The van der Waals surface area contributed by atoms with E-state index < -0.39 is 17.1 Å². The summed E-state index contributed by atoms with van der Waals surface area (Å²) in [6.45, 7) is 4.75. The molecule has 0 aliphatic carbocycles. The molecule has 0 aliphatic rings. The van der Waals surface area contributed by atoms with Crippen LogP contribution in [0.1, 0.15) is 30.4 Å². The van der Waals surface area contributed by atoms with Gasteiger partial charge in [0.05, 0.1) is 0 Å². The van der Waals surface area contributed by atoms with Crippen molar-refractivity contribution < 1.29 is 18.0 Å². The van der Waals surface area contributed by atoms with Crippen molar-refractivity contribution in [3.05, 3.63) is 53.9 Å². The number of likely N-dealkylation sites (N-methyl/N-ethyl adjacent to an activating group) is 1. The van der Waals surface area contributed by atoms with Crippen molar-refractivity contribution in [3.8, 4) is 0 Å². The van der Waals surface area contributed by atoms with Gasteiger partial charge in [0.2, 0.25) is 5.91 Å². The maximum atomic E-state index is 12.8. The summed E-state index contributed by atoms with van der Waals surface area (Å²) in [4.78, 5) is 21.9. The molecule has 1 heterocycles. The first-order chi connectivity index (χ1) is 11.9. The summed E-state index contributed by atoms with van der Waals surface area (Å²) in [7, 11) is 0. The van der Waals surface area contributed by atoms with Gasteiger partial charge in [-0.05, 0) is 25.5 Å². The van der Waals surface area contributed by atoms with E-state index in [1.165, 1.54) is 0 Å². The average Bonchev–Trinajstić information content (AvgIpc) is 2.61. The van der Waals surface area contributed by atoms with Crippen LogP contribution in [-0.2, 0) is 11.0 Å². The molecule has 0 saturated heterocycles. The highest BCUT2D eigenvalue weighted by Gasteiger charge is 2.34. The molecule has 1 atom stereocenters. The molecule has 1 unspecified atom stereocenters. The molecule has 134 valence electrons. The van der Waals surface area contributed by atoms with Gasteiger partial charge < -0.3 is 4.90 Å². The third-order valence-electron chi connectivity index (χ3n) is 3.55. The van der Waals surface area contributed by atoms with Crippen LogP contribution in [0.4, 0.5) is 13.2 Å². The average molecular weight is 369 g/mol. The second-order valence-electron chi connectivity index (χ2n) is 5.14. The second kappa shape index (κ2) is 8.33. The van der Waals surface area contributed by atoms with Gasteiger partial charge in [-0.1, -0.05) is 42.1 Å². The largest absolute Gasteiger partial charge is 0.433 e. The molecule has 0 fully saturated rings. The van der Waals surface area contributed by atoms with Crippen LogP contribution in [0.5, 0.6) is 0 Å². The Bertz CT molecular complexity index is 706. The maximum Gasteiger partial charge on any atom is 0.433 e. The molecule has 0 N–H and O–H groups in total. The summed E-state index contributed by atoms with van der Waals surface area (Å²) < 4.78 is 38.5. The maximum absolute atomic E-state index is 12.8. The fraction of sp³-hybridized carbons (Fsp3) is 0.353. The zero-order chi connectivity index (χ0) is 18.4. The highest BCUT2D eigenvalue weighted by molar-refractivity contribution is 8.00. The number of halogens is 3. The van der Waals surface area contributed by atoms with Crippen molar-refractivity contribution in [2.45, 2.75) is 30.4 Å². The molecule has 0 aliphatic heterocycles. The third-order valence-corrected chi connectivity index (χ3v) is 4.67. The summed E-state index contributed by atoms with van der Waals surface area (Å²) in [5.41, 5.74) is -0.322. The van der Waals surface area contributed by atoms with E-state index >= 15 is 0 Å². The van der Waals surface area contributed by atoms with Crippen LogP contribution < -0.4 is 0 Å². The number of benzene rings is 1. The first-order valence-corrected chi connectivity index (χ1v) is 8.65. The number of thioether (sulfide) groups is 1. The predicted molar refractivity (Wildman–Crippen MR) is 90.0 cm³/mol. The van der Waals surface area contributed by atoms with Crippen LogP contribution in [0.2, 0.25) is 0 Å². The van der Waals surface area contributed by atoms with Gasteiger partial charge in [-0.25, -0.2) is 9.97 Å². The normalized spacial score (nSPS) is 12.7. The second-order valence-corrected chi connectivity index (χ2v) is 6.21. The Morgan fingerprint density at radius 3 is 2.36 bits per heavy atom.